The summed E-state index contributed by atoms with van der Waals surface area (Å²) in [7, 11) is 0. The van der Waals surface area contributed by atoms with E-state index in [2.05, 4.69) is 0 Å². The third-order valence-corrected chi connectivity index (χ3v) is 2.44. The van der Waals surface area contributed by atoms with E-state index in [0.717, 1.165) is 19.4 Å². The molecule has 0 fully saturated rings. The number of carboxylic acids is 1. The van der Waals surface area contributed by atoms with Gasteiger partial charge in [0.1, 0.15) is 0 Å². The third-order valence-electron chi connectivity index (χ3n) is 2.44. The van der Waals surface area contributed by atoms with E-state index < -0.39 is 11.4 Å². The van der Waals surface area contributed by atoms with E-state index in [1.54, 1.807) is 13.8 Å². The molecule has 1 unspecified atom stereocenters. The maximum absolute atomic E-state index is 10.8. The van der Waals surface area contributed by atoms with Crippen LogP contribution >= 0.6 is 0 Å². The van der Waals surface area contributed by atoms with Crippen molar-refractivity contribution in [3.63, 3.8) is 0 Å². The standard InChI is InChI=1S/C11H22O3/c1-5-14-9(2)7-6-8-11(3,4)10(12)13/h9H,5-8H2,1-4H3,(H,12,13). The maximum Gasteiger partial charge on any atom is 0.309 e. The molecule has 14 heavy (non-hydrogen) atoms. The topological polar surface area (TPSA) is 46.5 Å². The number of rotatable bonds is 7. The summed E-state index contributed by atoms with van der Waals surface area (Å²) in [6.07, 6.45) is 2.79. The molecule has 3 nitrogen and oxygen atoms in total. The molecular formula is C11H22O3. The Morgan fingerprint density at radius 1 is 1.50 bits per heavy atom. The first-order chi connectivity index (χ1) is 6.40. The summed E-state index contributed by atoms with van der Waals surface area (Å²) >= 11 is 0. The molecule has 1 atom stereocenters. The zero-order valence-corrected chi connectivity index (χ0v) is 9.67. The van der Waals surface area contributed by atoms with E-state index in [1.807, 2.05) is 13.8 Å². The zero-order valence-electron chi connectivity index (χ0n) is 9.67. The average Bonchev–Trinajstić information content (AvgIpc) is 2.04. The number of hydrogen-bond acceptors (Lipinski definition) is 2. The summed E-state index contributed by atoms with van der Waals surface area (Å²) in [5.41, 5.74) is -0.605. The van der Waals surface area contributed by atoms with E-state index in [4.69, 9.17) is 9.84 Å². The molecular weight excluding hydrogens is 180 g/mol. The average molecular weight is 202 g/mol. The Morgan fingerprint density at radius 3 is 2.50 bits per heavy atom. The molecule has 0 saturated heterocycles. The van der Waals surface area contributed by atoms with Crippen molar-refractivity contribution in [2.45, 2.75) is 53.1 Å². The van der Waals surface area contributed by atoms with Gasteiger partial charge in [-0.1, -0.05) is 0 Å². The number of hydrogen-bond donors (Lipinski definition) is 1. The van der Waals surface area contributed by atoms with Gasteiger partial charge in [0.15, 0.2) is 0 Å². The second-order valence-electron chi connectivity index (χ2n) is 4.35. The highest BCUT2D eigenvalue weighted by molar-refractivity contribution is 5.73. The van der Waals surface area contributed by atoms with E-state index in [0.29, 0.717) is 6.42 Å². The molecule has 0 aromatic rings. The van der Waals surface area contributed by atoms with Crippen LogP contribution in [0.2, 0.25) is 0 Å². The Kier molecular flexibility index (Phi) is 5.77. The largest absolute Gasteiger partial charge is 0.481 e. The lowest BCUT2D eigenvalue weighted by Gasteiger charge is -2.19. The highest BCUT2D eigenvalue weighted by Crippen LogP contribution is 2.23. The van der Waals surface area contributed by atoms with Gasteiger partial charge in [-0.05, 0) is 47.0 Å². The molecule has 0 amide bonds. The van der Waals surface area contributed by atoms with Gasteiger partial charge in [-0.2, -0.15) is 0 Å². The predicted octanol–water partition coefficient (Wildman–Crippen LogP) is 2.69. The molecule has 0 spiro atoms. The number of ether oxygens (including phenoxy) is 1. The molecule has 1 N–H and O–H groups in total. The number of carboxylic acid groups (broad SMARTS) is 1. The molecule has 0 radical (unpaired) electrons. The van der Waals surface area contributed by atoms with E-state index in [9.17, 15) is 4.79 Å². The van der Waals surface area contributed by atoms with Gasteiger partial charge in [0, 0.05) is 6.61 Å². The molecule has 0 aliphatic heterocycles. The minimum absolute atomic E-state index is 0.240. The van der Waals surface area contributed by atoms with Crippen LogP contribution in [0.3, 0.4) is 0 Å². The Morgan fingerprint density at radius 2 is 2.07 bits per heavy atom. The van der Waals surface area contributed by atoms with Gasteiger partial charge in [0.2, 0.25) is 0 Å². The van der Waals surface area contributed by atoms with Crippen LogP contribution in [-0.4, -0.2) is 23.8 Å². The summed E-state index contributed by atoms with van der Waals surface area (Å²) in [5.74, 6) is -0.721. The van der Waals surface area contributed by atoms with Crippen molar-refractivity contribution >= 4 is 5.97 Å². The van der Waals surface area contributed by atoms with Crippen molar-refractivity contribution in [1.82, 2.24) is 0 Å². The van der Waals surface area contributed by atoms with Crippen molar-refractivity contribution in [3.8, 4) is 0 Å². The van der Waals surface area contributed by atoms with Gasteiger partial charge < -0.3 is 9.84 Å². The minimum Gasteiger partial charge on any atom is -0.481 e. The fourth-order valence-corrected chi connectivity index (χ4v) is 1.31. The van der Waals surface area contributed by atoms with E-state index >= 15 is 0 Å². The summed E-state index contributed by atoms with van der Waals surface area (Å²) in [4.78, 5) is 10.8. The van der Waals surface area contributed by atoms with Gasteiger partial charge in [-0.15, -0.1) is 0 Å². The van der Waals surface area contributed by atoms with Gasteiger partial charge in [-0.25, -0.2) is 0 Å². The Labute approximate surface area is 86.5 Å². The van der Waals surface area contributed by atoms with Crippen molar-refractivity contribution in [1.29, 1.82) is 0 Å². The Hall–Kier alpha value is -0.570. The zero-order chi connectivity index (χ0) is 11.2. The number of carbonyl (C=O) groups is 1. The summed E-state index contributed by atoms with van der Waals surface area (Å²) in [5, 5.41) is 8.88. The molecule has 0 saturated carbocycles. The van der Waals surface area contributed by atoms with Crippen LogP contribution in [-0.2, 0) is 9.53 Å². The fraction of sp³-hybridized carbons (Fsp3) is 0.909. The van der Waals surface area contributed by atoms with Crippen LogP contribution < -0.4 is 0 Å². The van der Waals surface area contributed by atoms with Gasteiger partial charge in [0.25, 0.3) is 0 Å². The molecule has 84 valence electrons. The molecule has 0 aromatic carbocycles. The first-order valence-corrected chi connectivity index (χ1v) is 5.25. The normalized spacial score (nSPS) is 14.0. The van der Waals surface area contributed by atoms with Crippen LogP contribution in [0.25, 0.3) is 0 Å². The van der Waals surface area contributed by atoms with Crippen molar-refractivity contribution in [2.24, 2.45) is 5.41 Å². The molecule has 0 aliphatic carbocycles. The van der Waals surface area contributed by atoms with Crippen molar-refractivity contribution in [3.05, 3.63) is 0 Å². The lowest BCUT2D eigenvalue weighted by Crippen LogP contribution is -2.23. The van der Waals surface area contributed by atoms with Crippen LogP contribution in [0.5, 0.6) is 0 Å². The molecule has 0 rings (SSSR count). The van der Waals surface area contributed by atoms with Crippen LogP contribution in [0, 0.1) is 5.41 Å². The van der Waals surface area contributed by atoms with Crippen LogP contribution in [0.15, 0.2) is 0 Å². The fourth-order valence-electron chi connectivity index (χ4n) is 1.31. The van der Waals surface area contributed by atoms with E-state index in [1.165, 1.54) is 0 Å². The van der Waals surface area contributed by atoms with Crippen molar-refractivity contribution < 1.29 is 14.6 Å². The second-order valence-corrected chi connectivity index (χ2v) is 4.35. The second kappa shape index (κ2) is 6.02. The SMILES string of the molecule is CCOC(C)CCCC(C)(C)C(=O)O. The Balaban J connectivity index is 3.68. The van der Waals surface area contributed by atoms with Gasteiger partial charge in [-0.3, -0.25) is 4.79 Å². The third kappa shape index (κ3) is 5.22. The summed E-state index contributed by atoms with van der Waals surface area (Å²) < 4.78 is 5.37. The van der Waals surface area contributed by atoms with Gasteiger partial charge in [0.05, 0.1) is 11.5 Å². The molecule has 3 heteroatoms. The number of aliphatic carboxylic acids is 1. The molecule has 0 bridgehead atoms. The summed E-state index contributed by atoms with van der Waals surface area (Å²) in [6, 6.07) is 0. The smallest absolute Gasteiger partial charge is 0.309 e. The van der Waals surface area contributed by atoms with Gasteiger partial charge >= 0.3 is 5.97 Å². The first kappa shape index (κ1) is 13.4. The molecule has 0 aliphatic rings. The lowest BCUT2D eigenvalue weighted by molar-refractivity contribution is -0.147. The predicted molar refractivity (Wildman–Crippen MR) is 56.4 cm³/mol. The Bertz CT molecular complexity index is 175. The maximum atomic E-state index is 10.8. The first-order valence-electron chi connectivity index (χ1n) is 5.25. The van der Waals surface area contributed by atoms with E-state index in [-0.39, 0.29) is 6.10 Å². The lowest BCUT2D eigenvalue weighted by atomic mass is 9.87. The highest BCUT2D eigenvalue weighted by atomic mass is 16.5. The summed E-state index contributed by atoms with van der Waals surface area (Å²) in [6.45, 7) is 8.25. The van der Waals surface area contributed by atoms with Crippen molar-refractivity contribution in [2.75, 3.05) is 6.61 Å². The molecule has 0 heterocycles. The highest BCUT2D eigenvalue weighted by Gasteiger charge is 2.26. The molecule has 0 aromatic heterocycles. The van der Waals surface area contributed by atoms with Crippen LogP contribution in [0.4, 0.5) is 0 Å². The van der Waals surface area contributed by atoms with Crippen LogP contribution in [0.1, 0.15) is 47.0 Å². The monoisotopic (exact) mass is 202 g/mol. The quantitative estimate of drug-likeness (QED) is 0.690. The minimum atomic E-state index is -0.721.